The minimum absolute atomic E-state index is 0.00569. The van der Waals surface area contributed by atoms with Gasteiger partial charge < -0.3 is 20.1 Å². The van der Waals surface area contributed by atoms with Gasteiger partial charge in [0.2, 0.25) is 5.91 Å². The fourth-order valence-electron chi connectivity index (χ4n) is 5.95. The summed E-state index contributed by atoms with van der Waals surface area (Å²) in [7, 11) is 0. The Morgan fingerprint density at radius 3 is 2.29 bits per heavy atom. The number of carboxylic acids is 1. The number of hydrogen-bond donors (Lipinski definition) is 2. The monoisotopic (exact) mass is 476 g/mol. The van der Waals surface area contributed by atoms with Gasteiger partial charge in [-0.25, -0.2) is 4.79 Å². The van der Waals surface area contributed by atoms with Crippen LogP contribution in [-0.2, 0) is 14.3 Å². The summed E-state index contributed by atoms with van der Waals surface area (Å²) >= 11 is 0. The van der Waals surface area contributed by atoms with Gasteiger partial charge in [-0.15, -0.1) is 0 Å². The number of ether oxygens (including phenoxy) is 1. The number of carbonyl (C=O) groups is 3. The van der Waals surface area contributed by atoms with E-state index in [0.717, 1.165) is 17.5 Å². The van der Waals surface area contributed by atoms with Gasteiger partial charge in [0, 0.05) is 31.0 Å². The van der Waals surface area contributed by atoms with Crippen LogP contribution in [0.3, 0.4) is 0 Å². The van der Waals surface area contributed by atoms with Crippen molar-refractivity contribution < 1.29 is 24.2 Å². The molecule has 0 radical (unpaired) electrons. The SMILES string of the molecule is CC(C)(CCNC(=O)OCC1c2ccccc2-c2ccccc21)C(=O)N1CC[C@H]2C(C(=O)O)[C@H]2C1. The predicted molar refractivity (Wildman–Crippen MR) is 131 cm³/mol. The minimum atomic E-state index is -0.749. The molecular weight excluding hydrogens is 444 g/mol. The second-order valence-corrected chi connectivity index (χ2v) is 10.6. The molecule has 2 aromatic rings. The maximum atomic E-state index is 13.1. The van der Waals surface area contributed by atoms with Crippen molar-refractivity contribution in [3.63, 3.8) is 0 Å². The standard InChI is InChI=1S/C28H32N2O5/c1-28(2,26(33)30-14-11-21-22(15-30)24(21)25(31)32)12-13-29-27(34)35-16-23-19-9-5-3-7-17(19)18-8-4-6-10-20(18)23/h3-10,21-24H,11-16H2,1-2H3,(H,29,34)(H,31,32)/t21-,22+,24?/m1/s1. The Morgan fingerprint density at radius 1 is 1.03 bits per heavy atom. The average molecular weight is 477 g/mol. The molecule has 7 nitrogen and oxygen atoms in total. The molecule has 2 aromatic carbocycles. The molecule has 1 unspecified atom stereocenters. The Bertz CT molecular complexity index is 1110. The van der Waals surface area contributed by atoms with Crippen LogP contribution in [0, 0.1) is 23.2 Å². The van der Waals surface area contributed by atoms with Crippen LogP contribution in [-0.4, -0.2) is 54.2 Å². The molecule has 3 atom stereocenters. The normalized spacial score (nSPS) is 22.6. The van der Waals surface area contributed by atoms with Crippen molar-refractivity contribution in [1.29, 1.82) is 0 Å². The number of aliphatic carboxylic acids is 1. The van der Waals surface area contributed by atoms with Crippen molar-refractivity contribution >= 4 is 18.0 Å². The number of fused-ring (bicyclic) bond motifs is 4. The first-order chi connectivity index (χ1) is 16.8. The number of benzene rings is 2. The average Bonchev–Trinajstić information content (AvgIpc) is 3.49. The number of amides is 2. The highest BCUT2D eigenvalue weighted by molar-refractivity contribution is 5.83. The number of hydrogen-bond acceptors (Lipinski definition) is 4. The summed E-state index contributed by atoms with van der Waals surface area (Å²) in [5.74, 6) is -0.727. The summed E-state index contributed by atoms with van der Waals surface area (Å²) in [5, 5.41) is 12.1. The lowest BCUT2D eigenvalue weighted by molar-refractivity contribution is -0.142. The van der Waals surface area contributed by atoms with E-state index in [-0.39, 0.29) is 36.2 Å². The van der Waals surface area contributed by atoms with Crippen LogP contribution in [0.15, 0.2) is 48.5 Å². The quantitative estimate of drug-likeness (QED) is 0.627. The molecule has 2 fully saturated rings. The second-order valence-electron chi connectivity index (χ2n) is 10.6. The minimum Gasteiger partial charge on any atom is -0.481 e. The van der Waals surface area contributed by atoms with Crippen molar-refractivity contribution in [2.75, 3.05) is 26.2 Å². The Kier molecular flexibility index (Phi) is 6.03. The number of likely N-dealkylation sites (tertiary alicyclic amines) is 1. The summed E-state index contributed by atoms with van der Waals surface area (Å²) in [5.41, 5.74) is 4.04. The molecule has 1 saturated carbocycles. The highest BCUT2D eigenvalue weighted by atomic mass is 16.5. The fourth-order valence-corrected chi connectivity index (χ4v) is 5.95. The van der Waals surface area contributed by atoms with Gasteiger partial charge in [-0.3, -0.25) is 9.59 Å². The van der Waals surface area contributed by atoms with Crippen molar-refractivity contribution in [2.45, 2.75) is 32.6 Å². The Morgan fingerprint density at radius 2 is 1.66 bits per heavy atom. The third-order valence-corrected chi connectivity index (χ3v) is 8.01. The van der Waals surface area contributed by atoms with Gasteiger partial charge in [0.1, 0.15) is 6.61 Å². The van der Waals surface area contributed by atoms with Gasteiger partial charge in [0.15, 0.2) is 0 Å². The highest BCUT2D eigenvalue weighted by Crippen LogP contribution is 2.52. The molecule has 2 amide bonds. The van der Waals surface area contributed by atoms with Crippen LogP contribution in [0.25, 0.3) is 11.1 Å². The molecule has 5 rings (SSSR count). The molecule has 1 saturated heterocycles. The third-order valence-electron chi connectivity index (χ3n) is 8.01. The zero-order chi connectivity index (χ0) is 24.7. The number of piperidine rings is 1. The van der Waals surface area contributed by atoms with Crippen LogP contribution in [0.5, 0.6) is 0 Å². The number of nitrogens with zero attached hydrogens (tertiary/aromatic N) is 1. The molecule has 2 aliphatic carbocycles. The van der Waals surface area contributed by atoms with Gasteiger partial charge in [0.05, 0.1) is 5.92 Å². The van der Waals surface area contributed by atoms with Gasteiger partial charge in [0.25, 0.3) is 0 Å². The molecule has 7 heteroatoms. The molecule has 0 aromatic heterocycles. The summed E-state index contributed by atoms with van der Waals surface area (Å²) in [6, 6.07) is 16.4. The Labute approximate surface area is 205 Å². The number of rotatable bonds is 7. The zero-order valence-electron chi connectivity index (χ0n) is 20.2. The van der Waals surface area contributed by atoms with Gasteiger partial charge >= 0.3 is 12.1 Å². The lowest BCUT2D eigenvalue weighted by atomic mass is 9.87. The molecule has 1 aliphatic heterocycles. The van der Waals surface area contributed by atoms with Crippen LogP contribution < -0.4 is 5.32 Å². The lowest BCUT2D eigenvalue weighted by Gasteiger charge is -2.34. The topological polar surface area (TPSA) is 95.9 Å². The van der Waals surface area contributed by atoms with E-state index in [4.69, 9.17) is 4.74 Å². The molecular formula is C28H32N2O5. The van der Waals surface area contributed by atoms with E-state index in [1.165, 1.54) is 11.1 Å². The van der Waals surface area contributed by atoms with Crippen molar-refractivity contribution in [1.82, 2.24) is 10.2 Å². The maximum absolute atomic E-state index is 13.1. The number of nitrogens with one attached hydrogen (secondary N) is 1. The van der Waals surface area contributed by atoms with Crippen molar-refractivity contribution in [2.24, 2.45) is 23.2 Å². The number of alkyl carbamates (subject to hydrolysis) is 1. The van der Waals surface area contributed by atoms with Gasteiger partial charge in [-0.2, -0.15) is 0 Å². The van der Waals surface area contributed by atoms with Gasteiger partial charge in [-0.1, -0.05) is 62.4 Å². The lowest BCUT2D eigenvalue weighted by Crippen LogP contribution is -2.45. The predicted octanol–water partition coefficient (Wildman–Crippen LogP) is 4.12. The summed E-state index contributed by atoms with van der Waals surface area (Å²) in [6.07, 6.45) is 0.739. The smallest absolute Gasteiger partial charge is 0.407 e. The maximum Gasteiger partial charge on any atom is 0.407 e. The van der Waals surface area contributed by atoms with E-state index in [1.807, 2.05) is 38.1 Å². The summed E-state index contributed by atoms with van der Waals surface area (Å²) < 4.78 is 5.58. The van der Waals surface area contributed by atoms with E-state index in [2.05, 4.69) is 29.6 Å². The van der Waals surface area contributed by atoms with Crippen molar-refractivity contribution in [3.05, 3.63) is 59.7 Å². The van der Waals surface area contributed by atoms with E-state index >= 15 is 0 Å². The molecule has 184 valence electrons. The van der Waals surface area contributed by atoms with Crippen LogP contribution in [0.2, 0.25) is 0 Å². The van der Waals surface area contributed by atoms with E-state index in [9.17, 15) is 19.5 Å². The first kappa shape index (κ1) is 23.4. The van der Waals surface area contributed by atoms with Crippen LogP contribution in [0.1, 0.15) is 43.7 Å². The molecule has 1 heterocycles. The van der Waals surface area contributed by atoms with E-state index in [1.54, 1.807) is 4.90 Å². The van der Waals surface area contributed by atoms with Gasteiger partial charge in [-0.05, 0) is 46.9 Å². The number of carboxylic acid groups (broad SMARTS) is 1. The molecule has 0 bridgehead atoms. The van der Waals surface area contributed by atoms with E-state index < -0.39 is 17.5 Å². The molecule has 35 heavy (non-hydrogen) atoms. The second kappa shape index (κ2) is 9.02. The summed E-state index contributed by atoms with van der Waals surface area (Å²) in [6.45, 7) is 5.46. The Balaban J connectivity index is 1.10. The molecule has 0 spiro atoms. The number of carbonyl (C=O) groups excluding carboxylic acids is 2. The highest BCUT2D eigenvalue weighted by Gasteiger charge is 2.57. The first-order valence-corrected chi connectivity index (χ1v) is 12.4. The molecule has 3 aliphatic rings. The fraction of sp³-hybridized carbons (Fsp3) is 0.464. The van der Waals surface area contributed by atoms with Crippen LogP contribution in [0.4, 0.5) is 4.79 Å². The first-order valence-electron chi connectivity index (χ1n) is 12.4. The largest absolute Gasteiger partial charge is 0.481 e. The molecule has 2 N–H and O–H groups in total. The van der Waals surface area contributed by atoms with E-state index in [0.29, 0.717) is 26.1 Å². The third kappa shape index (κ3) is 4.40. The van der Waals surface area contributed by atoms with Crippen molar-refractivity contribution in [3.8, 4) is 11.1 Å². The zero-order valence-corrected chi connectivity index (χ0v) is 20.2. The Hall–Kier alpha value is -3.35. The van der Waals surface area contributed by atoms with Crippen LogP contribution >= 0.6 is 0 Å². The summed E-state index contributed by atoms with van der Waals surface area (Å²) in [4.78, 5) is 38.7.